The highest BCUT2D eigenvalue weighted by molar-refractivity contribution is 7.98. The molecular weight excluding hydrogens is 434 g/mol. The second-order valence-electron chi connectivity index (χ2n) is 7.15. The minimum Gasteiger partial charge on any atom is -0.378 e. The summed E-state index contributed by atoms with van der Waals surface area (Å²) in [5, 5.41) is 1.75. The maximum atomic E-state index is 13.1. The Morgan fingerprint density at radius 2 is 1.94 bits per heavy atom. The number of fused-ring (bicyclic) bond motifs is 1. The van der Waals surface area contributed by atoms with Gasteiger partial charge >= 0.3 is 0 Å². The lowest BCUT2D eigenvalue weighted by molar-refractivity contribution is 0.0303. The van der Waals surface area contributed by atoms with Crippen LogP contribution in [0.3, 0.4) is 0 Å². The first-order valence-electron chi connectivity index (χ1n) is 9.96. The first-order chi connectivity index (χ1) is 15.1. The van der Waals surface area contributed by atoms with Crippen molar-refractivity contribution in [3.05, 3.63) is 81.6 Å². The van der Waals surface area contributed by atoms with E-state index in [0.29, 0.717) is 65.2 Å². The van der Waals surface area contributed by atoms with Crippen molar-refractivity contribution in [2.45, 2.75) is 17.5 Å². The van der Waals surface area contributed by atoms with E-state index in [2.05, 4.69) is 6.58 Å². The third-order valence-electron chi connectivity index (χ3n) is 5.06. The lowest BCUT2D eigenvalue weighted by Crippen LogP contribution is -2.40. The van der Waals surface area contributed by atoms with Crippen LogP contribution in [0.2, 0.25) is 5.02 Å². The van der Waals surface area contributed by atoms with Gasteiger partial charge in [-0.3, -0.25) is 14.2 Å². The molecule has 1 saturated heterocycles. The maximum absolute atomic E-state index is 13.1. The van der Waals surface area contributed by atoms with Gasteiger partial charge in [0.15, 0.2) is 5.16 Å². The van der Waals surface area contributed by atoms with E-state index in [9.17, 15) is 9.59 Å². The van der Waals surface area contributed by atoms with Crippen molar-refractivity contribution in [2.24, 2.45) is 0 Å². The number of amides is 1. The average molecular weight is 456 g/mol. The molecule has 4 rings (SSSR count). The topological polar surface area (TPSA) is 64.4 Å². The molecule has 31 heavy (non-hydrogen) atoms. The fraction of sp³-hybridized carbons (Fsp3) is 0.261. The zero-order chi connectivity index (χ0) is 21.8. The Morgan fingerprint density at radius 3 is 2.65 bits per heavy atom. The van der Waals surface area contributed by atoms with E-state index < -0.39 is 0 Å². The molecule has 3 aromatic rings. The monoisotopic (exact) mass is 455 g/mol. The number of thioether (sulfide) groups is 1. The van der Waals surface area contributed by atoms with Crippen LogP contribution < -0.4 is 5.56 Å². The Balaban J connectivity index is 1.68. The molecule has 8 heteroatoms. The van der Waals surface area contributed by atoms with Gasteiger partial charge in [0.05, 0.1) is 24.1 Å². The molecule has 2 aromatic carbocycles. The minimum atomic E-state index is -0.145. The van der Waals surface area contributed by atoms with E-state index in [4.69, 9.17) is 21.3 Å². The zero-order valence-corrected chi connectivity index (χ0v) is 18.5. The van der Waals surface area contributed by atoms with Crippen LogP contribution in [0.5, 0.6) is 0 Å². The van der Waals surface area contributed by atoms with Crippen molar-refractivity contribution in [1.82, 2.24) is 14.5 Å². The summed E-state index contributed by atoms with van der Waals surface area (Å²) in [4.78, 5) is 32.5. The highest BCUT2D eigenvalue weighted by Gasteiger charge is 2.20. The Hall–Kier alpha value is -2.61. The number of ether oxygens (including phenoxy) is 1. The summed E-state index contributed by atoms with van der Waals surface area (Å²) in [6, 6.07) is 12.7. The van der Waals surface area contributed by atoms with Gasteiger partial charge in [0.1, 0.15) is 0 Å². The first-order valence-corrected chi connectivity index (χ1v) is 11.3. The average Bonchev–Trinajstić information content (AvgIpc) is 2.80. The van der Waals surface area contributed by atoms with Crippen molar-refractivity contribution in [2.75, 3.05) is 26.3 Å². The van der Waals surface area contributed by atoms with Crippen molar-refractivity contribution in [1.29, 1.82) is 0 Å². The molecule has 0 spiro atoms. The van der Waals surface area contributed by atoms with Crippen LogP contribution in [0.4, 0.5) is 0 Å². The zero-order valence-electron chi connectivity index (χ0n) is 16.9. The van der Waals surface area contributed by atoms with E-state index in [1.165, 1.54) is 11.8 Å². The lowest BCUT2D eigenvalue weighted by Gasteiger charge is -2.26. The van der Waals surface area contributed by atoms with Crippen LogP contribution in [0.1, 0.15) is 15.9 Å². The van der Waals surface area contributed by atoms with Gasteiger partial charge in [-0.1, -0.05) is 41.6 Å². The van der Waals surface area contributed by atoms with Crippen molar-refractivity contribution in [3.63, 3.8) is 0 Å². The smallest absolute Gasteiger partial charge is 0.262 e. The summed E-state index contributed by atoms with van der Waals surface area (Å²) in [6.45, 7) is 6.32. The van der Waals surface area contributed by atoms with Gasteiger partial charge in [0.2, 0.25) is 0 Å². The third-order valence-corrected chi connectivity index (χ3v) is 6.36. The molecule has 1 amide bonds. The Bertz CT molecular complexity index is 1170. The number of benzene rings is 2. The molecule has 0 atom stereocenters. The molecule has 0 radical (unpaired) electrons. The molecule has 2 heterocycles. The molecular formula is C23H22ClN3O3S. The number of aromatic nitrogens is 2. The molecule has 1 aliphatic rings. The number of morpholine rings is 1. The molecule has 160 valence electrons. The molecule has 1 fully saturated rings. The highest BCUT2D eigenvalue weighted by Crippen LogP contribution is 2.24. The molecule has 0 aliphatic carbocycles. The number of rotatable bonds is 6. The summed E-state index contributed by atoms with van der Waals surface area (Å²) in [5.74, 6) is 0.566. The number of carbonyl (C=O) groups excluding carboxylic acids is 1. The predicted octanol–water partition coefficient (Wildman–Crippen LogP) is 4.00. The van der Waals surface area contributed by atoms with Crippen molar-refractivity contribution >= 4 is 40.2 Å². The van der Waals surface area contributed by atoms with Crippen molar-refractivity contribution < 1.29 is 9.53 Å². The minimum absolute atomic E-state index is 0.0716. The van der Waals surface area contributed by atoms with Crippen LogP contribution in [0, 0.1) is 0 Å². The number of carbonyl (C=O) groups is 1. The highest BCUT2D eigenvalue weighted by atomic mass is 35.5. The van der Waals surface area contributed by atoms with E-state index in [1.54, 1.807) is 33.7 Å². The van der Waals surface area contributed by atoms with Crippen molar-refractivity contribution in [3.8, 4) is 0 Å². The fourth-order valence-electron chi connectivity index (χ4n) is 3.41. The molecule has 1 aliphatic heterocycles. The van der Waals surface area contributed by atoms with Gasteiger partial charge in [-0.15, -0.1) is 6.58 Å². The number of nitrogens with zero attached hydrogens (tertiary/aromatic N) is 3. The molecule has 1 aromatic heterocycles. The van der Waals surface area contributed by atoms with Crippen LogP contribution >= 0.6 is 23.4 Å². The maximum Gasteiger partial charge on any atom is 0.262 e. The molecule has 0 unspecified atom stereocenters. The van der Waals surface area contributed by atoms with Gasteiger partial charge in [-0.05, 0) is 35.9 Å². The largest absolute Gasteiger partial charge is 0.378 e. The summed E-state index contributed by atoms with van der Waals surface area (Å²) in [7, 11) is 0. The van der Waals surface area contributed by atoms with E-state index in [0.717, 1.165) is 5.56 Å². The fourth-order valence-corrected chi connectivity index (χ4v) is 4.50. The van der Waals surface area contributed by atoms with Crippen LogP contribution in [0.25, 0.3) is 10.9 Å². The van der Waals surface area contributed by atoms with Gasteiger partial charge in [-0.2, -0.15) is 0 Å². The lowest BCUT2D eigenvalue weighted by atomic mass is 10.1. The summed E-state index contributed by atoms with van der Waals surface area (Å²) < 4.78 is 6.94. The molecule has 0 saturated carbocycles. The normalized spacial score (nSPS) is 14.0. The van der Waals surface area contributed by atoms with Crippen LogP contribution in [-0.2, 0) is 17.0 Å². The van der Waals surface area contributed by atoms with E-state index >= 15 is 0 Å². The third kappa shape index (κ3) is 4.84. The quantitative estimate of drug-likeness (QED) is 0.319. The summed E-state index contributed by atoms with van der Waals surface area (Å²) >= 11 is 7.43. The van der Waals surface area contributed by atoms with E-state index in [-0.39, 0.29) is 11.5 Å². The summed E-state index contributed by atoms with van der Waals surface area (Å²) in [5.41, 5.74) is 1.97. The molecule has 0 bridgehead atoms. The molecule has 0 N–H and O–H groups in total. The van der Waals surface area contributed by atoms with Crippen LogP contribution in [-0.4, -0.2) is 46.7 Å². The standard InChI is InChI=1S/C23H22ClN3O3S/c1-2-9-27-22(29)19-8-5-17(21(28)26-10-12-30-13-11-26)14-20(19)25-23(27)31-15-16-3-6-18(24)7-4-16/h2-8,14H,1,9-13,15H2. The number of hydrogen-bond acceptors (Lipinski definition) is 5. The number of halogens is 1. The molecule has 6 nitrogen and oxygen atoms in total. The second-order valence-corrected chi connectivity index (χ2v) is 8.53. The predicted molar refractivity (Wildman–Crippen MR) is 124 cm³/mol. The van der Waals surface area contributed by atoms with Gasteiger partial charge < -0.3 is 9.64 Å². The Labute approximate surface area is 189 Å². The first kappa shape index (κ1) is 21.6. The Kier molecular flexibility index (Phi) is 6.75. The van der Waals surface area contributed by atoms with Crippen LogP contribution in [0.15, 0.2) is 65.1 Å². The SMILES string of the molecule is C=CCn1c(SCc2ccc(Cl)cc2)nc2cc(C(=O)N3CCOCC3)ccc2c1=O. The van der Waals surface area contributed by atoms with E-state index in [1.807, 2.05) is 24.3 Å². The number of hydrogen-bond donors (Lipinski definition) is 0. The number of allylic oxidation sites excluding steroid dienone is 1. The van der Waals surface area contributed by atoms with Gasteiger partial charge in [-0.25, -0.2) is 4.98 Å². The van der Waals surface area contributed by atoms with Gasteiger partial charge in [0.25, 0.3) is 11.5 Å². The van der Waals surface area contributed by atoms with Gasteiger partial charge in [0, 0.05) is 36.0 Å². The second kappa shape index (κ2) is 9.68. The summed E-state index contributed by atoms with van der Waals surface area (Å²) in [6.07, 6.45) is 1.68. The Morgan fingerprint density at radius 1 is 1.19 bits per heavy atom.